The molecule has 132 valence electrons. The lowest BCUT2D eigenvalue weighted by Crippen LogP contribution is -2.31. The molecule has 3 heteroatoms. The largest absolute Gasteiger partial charge is 0.437 e. The van der Waals surface area contributed by atoms with E-state index in [2.05, 4.69) is 80.0 Å². The first kappa shape index (κ1) is 16.0. The molecule has 27 heavy (non-hydrogen) atoms. The lowest BCUT2D eigenvalue weighted by Gasteiger charge is -2.07. The molecule has 2 aromatic carbocycles. The van der Waals surface area contributed by atoms with Gasteiger partial charge in [0.05, 0.1) is 10.9 Å². The molecule has 0 unspecified atom stereocenters. The first-order valence-corrected chi connectivity index (χ1v) is 9.21. The second kappa shape index (κ2) is 5.65. The number of hydrogen-bond acceptors (Lipinski definition) is 2. The molecule has 0 atom stereocenters. The maximum Gasteiger partial charge on any atom is 0.227 e. The Morgan fingerprint density at radius 1 is 0.889 bits per heavy atom. The van der Waals surface area contributed by atoms with E-state index in [0.717, 1.165) is 33.0 Å². The summed E-state index contributed by atoms with van der Waals surface area (Å²) < 4.78 is 8.51. The molecular weight excluding hydrogens is 332 g/mol. The topological polar surface area (TPSA) is 29.9 Å². The number of hydrogen-bond donors (Lipinski definition) is 0. The fourth-order valence-corrected chi connectivity index (χ4v) is 4.01. The minimum absolute atomic E-state index is 0.696. The fraction of sp³-hybridized carbons (Fsp3) is 0.167. The van der Waals surface area contributed by atoms with E-state index in [0.29, 0.717) is 5.71 Å². The van der Waals surface area contributed by atoms with Gasteiger partial charge in [-0.3, -0.25) is 0 Å². The van der Waals surface area contributed by atoms with E-state index >= 15 is 0 Å². The average Bonchev–Trinajstić information content (AvgIpc) is 3.04. The third kappa shape index (κ3) is 2.28. The molecule has 0 bridgehead atoms. The molecule has 0 aliphatic rings. The van der Waals surface area contributed by atoms with Crippen LogP contribution in [0.25, 0.3) is 44.1 Å². The summed E-state index contributed by atoms with van der Waals surface area (Å²) in [6.07, 6.45) is 4.07. The Labute approximate surface area is 157 Å². The fourth-order valence-electron chi connectivity index (χ4n) is 4.01. The Bertz CT molecular complexity index is 1360. The predicted octanol–water partition coefficient (Wildman–Crippen LogP) is 5.55. The third-order valence-electron chi connectivity index (χ3n) is 5.60. The van der Waals surface area contributed by atoms with Crippen LogP contribution in [-0.2, 0) is 7.05 Å². The van der Waals surface area contributed by atoms with Crippen LogP contribution >= 0.6 is 0 Å². The number of fused-ring (bicyclic) bond motifs is 5. The SMILES string of the molecule is Cc1cc(-c2c(C)ccc3c2oc2ncc4ccccc4c23)[n+](C)cc1C. The number of furan rings is 1. The van der Waals surface area contributed by atoms with E-state index in [1.165, 1.54) is 22.1 Å². The lowest BCUT2D eigenvalue weighted by atomic mass is 9.98. The van der Waals surface area contributed by atoms with Crippen LogP contribution in [0.5, 0.6) is 0 Å². The summed E-state index contributed by atoms with van der Waals surface area (Å²) in [5.74, 6) is 0. The average molecular weight is 353 g/mol. The molecule has 3 heterocycles. The van der Waals surface area contributed by atoms with E-state index in [1.54, 1.807) is 0 Å². The number of rotatable bonds is 1. The van der Waals surface area contributed by atoms with Crippen molar-refractivity contribution in [2.75, 3.05) is 0 Å². The van der Waals surface area contributed by atoms with Crippen molar-refractivity contribution < 1.29 is 8.98 Å². The first-order valence-electron chi connectivity index (χ1n) is 9.21. The standard InChI is InChI=1S/C24H21N2O/c1-14-9-10-19-22-18-8-6-5-7-17(18)12-25-24(22)27-23(19)21(14)20-11-15(2)16(3)13-26(20)4/h5-13H,1-4H3/q+1. The highest BCUT2D eigenvalue weighted by atomic mass is 16.3. The van der Waals surface area contributed by atoms with Gasteiger partial charge in [-0.15, -0.1) is 0 Å². The van der Waals surface area contributed by atoms with Crippen LogP contribution in [0.15, 0.2) is 59.3 Å². The zero-order valence-corrected chi connectivity index (χ0v) is 16.0. The van der Waals surface area contributed by atoms with Gasteiger partial charge in [-0.1, -0.05) is 36.4 Å². The first-order chi connectivity index (χ1) is 13.0. The molecule has 0 saturated heterocycles. The molecular formula is C24H21N2O+. The van der Waals surface area contributed by atoms with Crippen LogP contribution in [-0.4, -0.2) is 4.98 Å². The van der Waals surface area contributed by atoms with Gasteiger partial charge in [0.2, 0.25) is 11.4 Å². The Morgan fingerprint density at radius 2 is 1.70 bits per heavy atom. The minimum atomic E-state index is 0.696. The quantitative estimate of drug-likeness (QED) is 0.370. The highest BCUT2D eigenvalue weighted by Crippen LogP contribution is 2.39. The summed E-state index contributed by atoms with van der Waals surface area (Å²) in [5, 5.41) is 4.52. The van der Waals surface area contributed by atoms with Crippen LogP contribution in [0.2, 0.25) is 0 Å². The van der Waals surface area contributed by atoms with Crippen LogP contribution in [0.3, 0.4) is 0 Å². The van der Waals surface area contributed by atoms with Crippen molar-refractivity contribution in [3.05, 3.63) is 71.5 Å². The summed E-state index contributed by atoms with van der Waals surface area (Å²) >= 11 is 0. The maximum atomic E-state index is 6.33. The number of pyridine rings is 2. The molecule has 0 aliphatic heterocycles. The van der Waals surface area contributed by atoms with E-state index in [1.807, 2.05) is 12.3 Å². The summed E-state index contributed by atoms with van der Waals surface area (Å²) in [6.45, 7) is 6.44. The third-order valence-corrected chi connectivity index (χ3v) is 5.60. The summed E-state index contributed by atoms with van der Waals surface area (Å²) in [5.41, 5.74) is 7.66. The monoisotopic (exact) mass is 353 g/mol. The normalized spacial score (nSPS) is 11.7. The minimum Gasteiger partial charge on any atom is -0.437 e. The smallest absolute Gasteiger partial charge is 0.227 e. The molecule has 5 aromatic rings. The molecule has 0 fully saturated rings. The Balaban J connectivity index is 1.96. The predicted molar refractivity (Wildman–Crippen MR) is 110 cm³/mol. The molecule has 0 saturated carbocycles. The molecule has 0 N–H and O–H groups in total. The summed E-state index contributed by atoms with van der Waals surface area (Å²) in [4.78, 5) is 4.59. The molecule has 3 nitrogen and oxygen atoms in total. The van der Waals surface area contributed by atoms with Gasteiger partial charge in [0.1, 0.15) is 7.05 Å². The highest BCUT2D eigenvalue weighted by molar-refractivity contribution is 6.19. The Morgan fingerprint density at radius 3 is 2.56 bits per heavy atom. The van der Waals surface area contributed by atoms with E-state index in [-0.39, 0.29) is 0 Å². The van der Waals surface area contributed by atoms with Crippen molar-refractivity contribution >= 4 is 32.8 Å². The van der Waals surface area contributed by atoms with Gasteiger partial charge in [-0.2, -0.15) is 0 Å². The molecule has 5 rings (SSSR count). The number of nitrogens with zero attached hydrogens (tertiary/aromatic N) is 2. The number of benzene rings is 2. The van der Waals surface area contributed by atoms with E-state index in [9.17, 15) is 0 Å². The zero-order valence-electron chi connectivity index (χ0n) is 16.0. The van der Waals surface area contributed by atoms with Gasteiger partial charge in [0, 0.05) is 28.6 Å². The lowest BCUT2D eigenvalue weighted by molar-refractivity contribution is -0.660. The van der Waals surface area contributed by atoms with Crippen molar-refractivity contribution in [2.24, 2.45) is 7.05 Å². The summed E-state index contributed by atoms with van der Waals surface area (Å²) in [7, 11) is 2.09. The summed E-state index contributed by atoms with van der Waals surface area (Å²) in [6, 6.07) is 14.9. The molecule has 0 spiro atoms. The van der Waals surface area contributed by atoms with E-state index in [4.69, 9.17) is 4.42 Å². The number of aryl methyl sites for hydroxylation is 4. The van der Waals surface area contributed by atoms with Crippen molar-refractivity contribution in [1.29, 1.82) is 0 Å². The highest BCUT2D eigenvalue weighted by Gasteiger charge is 2.22. The van der Waals surface area contributed by atoms with Gasteiger partial charge in [0.25, 0.3) is 0 Å². The van der Waals surface area contributed by atoms with Crippen LogP contribution in [0.1, 0.15) is 16.7 Å². The maximum absolute atomic E-state index is 6.33. The van der Waals surface area contributed by atoms with Gasteiger partial charge in [-0.05, 0) is 37.3 Å². The van der Waals surface area contributed by atoms with Gasteiger partial charge >= 0.3 is 0 Å². The van der Waals surface area contributed by atoms with Crippen molar-refractivity contribution in [2.45, 2.75) is 20.8 Å². The van der Waals surface area contributed by atoms with Crippen molar-refractivity contribution in [1.82, 2.24) is 4.98 Å². The van der Waals surface area contributed by atoms with Crippen LogP contribution in [0.4, 0.5) is 0 Å². The van der Waals surface area contributed by atoms with Gasteiger partial charge in [0.15, 0.2) is 11.8 Å². The molecule has 0 aliphatic carbocycles. The van der Waals surface area contributed by atoms with Crippen molar-refractivity contribution in [3.63, 3.8) is 0 Å². The van der Waals surface area contributed by atoms with Crippen LogP contribution in [0, 0.1) is 20.8 Å². The Kier molecular flexibility index (Phi) is 3.35. The number of aromatic nitrogens is 2. The van der Waals surface area contributed by atoms with Crippen molar-refractivity contribution in [3.8, 4) is 11.3 Å². The molecule has 0 amide bonds. The second-order valence-corrected chi connectivity index (χ2v) is 7.40. The molecule has 0 radical (unpaired) electrons. The van der Waals surface area contributed by atoms with Gasteiger partial charge in [-0.25, -0.2) is 9.55 Å². The van der Waals surface area contributed by atoms with Crippen LogP contribution < -0.4 is 4.57 Å². The van der Waals surface area contributed by atoms with E-state index < -0.39 is 0 Å². The Hall–Kier alpha value is -3.20. The molecule has 3 aromatic heterocycles. The van der Waals surface area contributed by atoms with Gasteiger partial charge < -0.3 is 4.42 Å². The second-order valence-electron chi connectivity index (χ2n) is 7.40. The zero-order chi connectivity index (χ0) is 18.7.